The molecule has 0 unspecified atom stereocenters. The van der Waals surface area contributed by atoms with Crippen molar-refractivity contribution in [2.24, 2.45) is 5.10 Å². The smallest absolute Gasteiger partial charge is 0.260 e. The second kappa shape index (κ2) is 7.39. The molecule has 0 aliphatic rings. The third kappa shape index (κ3) is 4.08. The van der Waals surface area contributed by atoms with Crippen molar-refractivity contribution in [2.75, 3.05) is 0 Å². The molecule has 3 rings (SSSR count). The molecule has 1 N–H and O–H groups in total. The molecule has 6 nitrogen and oxygen atoms in total. The predicted octanol–water partition coefficient (Wildman–Crippen LogP) is 2.40. The van der Waals surface area contributed by atoms with Crippen LogP contribution in [0.5, 0.6) is 0 Å². The summed E-state index contributed by atoms with van der Waals surface area (Å²) in [5.74, 6) is -0.121. The van der Waals surface area contributed by atoms with E-state index in [1.807, 2.05) is 0 Å². The minimum absolute atomic E-state index is 0.143. The minimum atomic E-state index is -0.453. The van der Waals surface area contributed by atoms with Gasteiger partial charge in [-0.25, -0.2) is 9.82 Å². The number of rotatable bonds is 5. The van der Waals surface area contributed by atoms with Crippen molar-refractivity contribution in [3.63, 3.8) is 0 Å². The lowest BCUT2D eigenvalue weighted by atomic mass is 10.1. The molecule has 0 bridgehead atoms. The van der Waals surface area contributed by atoms with Gasteiger partial charge in [-0.3, -0.25) is 9.59 Å². The van der Waals surface area contributed by atoms with Gasteiger partial charge in [-0.15, -0.1) is 0 Å². The van der Waals surface area contributed by atoms with E-state index in [0.717, 1.165) is 0 Å². The average molecular weight is 339 g/mol. The fourth-order valence-electron chi connectivity index (χ4n) is 2.18. The molecule has 0 saturated carbocycles. The second-order valence-electron chi connectivity index (χ2n) is 5.14. The number of halogens is 1. The lowest BCUT2D eigenvalue weighted by Crippen LogP contribution is -2.28. The summed E-state index contributed by atoms with van der Waals surface area (Å²) in [6, 6.07) is 14.1. The van der Waals surface area contributed by atoms with E-state index in [2.05, 4.69) is 10.5 Å². The van der Waals surface area contributed by atoms with E-state index in [1.165, 1.54) is 29.1 Å². The monoisotopic (exact) mass is 339 g/mol. The summed E-state index contributed by atoms with van der Waals surface area (Å²) in [6.45, 7) is -0.143. The van der Waals surface area contributed by atoms with Crippen LogP contribution in [-0.4, -0.2) is 16.7 Å². The van der Waals surface area contributed by atoms with E-state index < -0.39 is 5.91 Å². The first-order valence-corrected chi connectivity index (χ1v) is 7.45. The highest BCUT2D eigenvalue weighted by atomic mass is 19.1. The van der Waals surface area contributed by atoms with Gasteiger partial charge in [-0.05, 0) is 30.3 Å². The van der Waals surface area contributed by atoms with Crippen LogP contribution in [0.4, 0.5) is 4.39 Å². The largest absolute Gasteiger partial charge is 0.455 e. The van der Waals surface area contributed by atoms with Crippen molar-refractivity contribution >= 4 is 12.1 Å². The van der Waals surface area contributed by atoms with Gasteiger partial charge >= 0.3 is 0 Å². The molecule has 0 saturated heterocycles. The van der Waals surface area contributed by atoms with Gasteiger partial charge in [-0.2, -0.15) is 5.10 Å². The molecule has 2 heterocycles. The molecule has 0 radical (unpaired) electrons. The summed E-state index contributed by atoms with van der Waals surface area (Å²) >= 11 is 0. The van der Waals surface area contributed by atoms with E-state index >= 15 is 0 Å². The van der Waals surface area contributed by atoms with Crippen LogP contribution in [0.1, 0.15) is 5.76 Å². The number of carbonyl (C=O) groups excluding carboxylic acids is 1. The number of nitrogens with zero attached hydrogens (tertiary/aromatic N) is 2. The number of benzene rings is 1. The zero-order chi connectivity index (χ0) is 17.6. The third-order valence-electron chi connectivity index (χ3n) is 3.36. The predicted molar refractivity (Wildman–Crippen MR) is 90.5 cm³/mol. The van der Waals surface area contributed by atoms with Crippen molar-refractivity contribution in [3.05, 3.63) is 82.7 Å². The Labute approximate surface area is 142 Å². The molecule has 7 heteroatoms. The first-order valence-electron chi connectivity index (χ1n) is 7.45. The maximum Gasteiger partial charge on any atom is 0.260 e. The number of furan rings is 1. The lowest BCUT2D eigenvalue weighted by molar-refractivity contribution is -0.121. The Balaban J connectivity index is 1.62. The normalized spacial score (nSPS) is 10.9. The summed E-state index contributed by atoms with van der Waals surface area (Å²) in [6.07, 6.45) is 2.81. The molecule has 0 aliphatic carbocycles. The summed E-state index contributed by atoms with van der Waals surface area (Å²) in [4.78, 5) is 23.3. The molecule has 1 amide bonds. The van der Waals surface area contributed by atoms with E-state index in [1.54, 1.807) is 42.5 Å². The van der Waals surface area contributed by atoms with Crippen molar-refractivity contribution in [1.82, 2.24) is 9.99 Å². The first kappa shape index (κ1) is 16.4. The molecule has 0 aliphatic heterocycles. The molecule has 0 atom stereocenters. The summed E-state index contributed by atoms with van der Waals surface area (Å²) in [5.41, 5.74) is 2.37. The third-order valence-corrected chi connectivity index (χ3v) is 3.36. The number of pyridine rings is 1. The number of amides is 1. The van der Waals surface area contributed by atoms with Gasteiger partial charge < -0.3 is 8.98 Å². The average Bonchev–Trinajstić information content (AvgIpc) is 3.06. The highest BCUT2D eigenvalue weighted by Gasteiger charge is 2.08. The highest BCUT2D eigenvalue weighted by Crippen LogP contribution is 2.24. The standard InChI is InChI=1S/C18H14FN3O3/c19-15-6-2-1-5-14(15)16-9-8-13(25-16)11-20-21-17(23)12-22-10-4-3-7-18(22)24/h1-11H,12H2,(H,21,23)/b20-11-. The van der Waals surface area contributed by atoms with Crippen molar-refractivity contribution in [2.45, 2.75) is 6.54 Å². The van der Waals surface area contributed by atoms with Crippen LogP contribution in [0.2, 0.25) is 0 Å². The maximum atomic E-state index is 13.7. The van der Waals surface area contributed by atoms with Gasteiger partial charge in [0.2, 0.25) is 0 Å². The van der Waals surface area contributed by atoms with Crippen LogP contribution in [0.3, 0.4) is 0 Å². The molecule has 2 aromatic heterocycles. The Hall–Kier alpha value is -3.48. The van der Waals surface area contributed by atoms with Crippen molar-refractivity contribution in [3.8, 4) is 11.3 Å². The Bertz CT molecular complexity index is 975. The minimum Gasteiger partial charge on any atom is -0.455 e. The molecule has 1 aromatic carbocycles. The second-order valence-corrected chi connectivity index (χ2v) is 5.14. The summed E-state index contributed by atoms with van der Waals surface area (Å²) in [7, 11) is 0. The molecule has 126 valence electrons. The Morgan fingerprint density at radius 2 is 1.96 bits per heavy atom. The van der Waals surface area contributed by atoms with Gasteiger partial charge in [0.05, 0.1) is 11.8 Å². The number of hydrazone groups is 1. The van der Waals surface area contributed by atoms with E-state index in [4.69, 9.17) is 4.42 Å². The number of nitrogens with one attached hydrogen (secondary N) is 1. The maximum absolute atomic E-state index is 13.7. The van der Waals surface area contributed by atoms with Crippen LogP contribution in [0.15, 0.2) is 75.1 Å². The number of carbonyl (C=O) groups is 1. The van der Waals surface area contributed by atoms with E-state index in [9.17, 15) is 14.0 Å². The van der Waals surface area contributed by atoms with Gasteiger partial charge in [0.1, 0.15) is 23.9 Å². The Kier molecular flexibility index (Phi) is 4.84. The topological polar surface area (TPSA) is 76.6 Å². The fraction of sp³-hybridized carbons (Fsp3) is 0.0556. The molecule has 25 heavy (non-hydrogen) atoms. The Morgan fingerprint density at radius 1 is 1.16 bits per heavy atom. The zero-order valence-electron chi connectivity index (χ0n) is 13.1. The van der Waals surface area contributed by atoms with Crippen molar-refractivity contribution in [1.29, 1.82) is 0 Å². The van der Waals surface area contributed by atoms with Crippen LogP contribution >= 0.6 is 0 Å². The number of aromatic nitrogens is 1. The van der Waals surface area contributed by atoms with Crippen LogP contribution in [0.25, 0.3) is 11.3 Å². The molecule has 0 fully saturated rings. The molecular formula is C18H14FN3O3. The quantitative estimate of drug-likeness (QED) is 0.573. The van der Waals surface area contributed by atoms with Crippen molar-refractivity contribution < 1.29 is 13.6 Å². The summed E-state index contributed by atoms with van der Waals surface area (Å²) < 4.78 is 20.4. The van der Waals surface area contributed by atoms with E-state index in [-0.39, 0.29) is 17.9 Å². The van der Waals surface area contributed by atoms with Crippen LogP contribution < -0.4 is 11.0 Å². The molecule has 0 spiro atoms. The fourth-order valence-corrected chi connectivity index (χ4v) is 2.18. The van der Waals surface area contributed by atoms with Gasteiger partial charge in [0, 0.05) is 12.3 Å². The molecular weight excluding hydrogens is 325 g/mol. The summed E-state index contributed by atoms with van der Waals surface area (Å²) in [5, 5.41) is 3.77. The lowest BCUT2D eigenvalue weighted by Gasteiger charge is -2.02. The van der Waals surface area contributed by atoms with Crippen LogP contribution in [0, 0.1) is 5.82 Å². The number of hydrogen-bond acceptors (Lipinski definition) is 4. The molecule has 3 aromatic rings. The van der Waals surface area contributed by atoms with Gasteiger partial charge in [0.15, 0.2) is 0 Å². The SMILES string of the molecule is O=C(Cn1ccccc1=O)N/N=C\c1ccc(-c2ccccc2F)o1. The van der Waals surface area contributed by atoms with Crippen LogP contribution in [-0.2, 0) is 11.3 Å². The number of hydrogen-bond donors (Lipinski definition) is 1. The highest BCUT2D eigenvalue weighted by molar-refractivity contribution is 5.81. The van der Waals surface area contributed by atoms with Gasteiger partial charge in [0.25, 0.3) is 11.5 Å². The Morgan fingerprint density at radius 3 is 2.76 bits per heavy atom. The zero-order valence-corrected chi connectivity index (χ0v) is 13.1. The van der Waals surface area contributed by atoms with Gasteiger partial charge in [-0.1, -0.05) is 18.2 Å². The first-order chi connectivity index (χ1) is 12.1. The van der Waals surface area contributed by atoms with E-state index in [0.29, 0.717) is 17.1 Å².